The summed E-state index contributed by atoms with van der Waals surface area (Å²) in [6.07, 6.45) is 0. The minimum Gasteiger partial charge on any atom is -0.455 e. The normalized spacial score (nSPS) is 12.1. The van der Waals surface area contributed by atoms with E-state index in [1.165, 1.54) is 80.5 Å². The van der Waals surface area contributed by atoms with Gasteiger partial charge in [-0.1, -0.05) is 133 Å². The SMILES string of the molecule is c1ccc(-n2c3ccccc3c3cccc(-c4ccc5c(c4)c4ccccc4n5-c4cc(-c5cccc6c5oc5ccccc56)c5sc6ccccc6c5c4)c32)cc1. The van der Waals surface area contributed by atoms with E-state index in [4.69, 9.17) is 4.42 Å². The molecule has 13 rings (SSSR count). The van der Waals surface area contributed by atoms with Crippen molar-refractivity contribution in [3.63, 3.8) is 0 Å². The lowest BCUT2D eigenvalue weighted by molar-refractivity contribution is 0.670. The number of thiophene rings is 1. The summed E-state index contributed by atoms with van der Waals surface area (Å²) in [6, 6.07) is 70.7. The monoisotopic (exact) mass is 756 g/mol. The Kier molecular flexibility index (Phi) is 6.60. The summed E-state index contributed by atoms with van der Waals surface area (Å²) < 4.78 is 14.1. The maximum atomic E-state index is 6.67. The standard InChI is InChI=1S/C54H32N2OS/c1-2-14-34(15-3-1)56-48-25-9-4-16-37(48)41-21-12-20-36(52(41)56)33-28-29-49-44(30-33)38-17-5-8-24-47(38)55(49)35-31-45-40-19-7-11-27-51(40)58-54(45)46(32-35)43-23-13-22-42-39-18-6-10-26-50(39)57-53(42)43/h1-32H. The van der Waals surface area contributed by atoms with Crippen molar-refractivity contribution in [1.29, 1.82) is 0 Å². The van der Waals surface area contributed by atoms with E-state index in [0.29, 0.717) is 0 Å². The quantitative estimate of drug-likeness (QED) is 0.175. The summed E-state index contributed by atoms with van der Waals surface area (Å²) in [5.41, 5.74) is 13.6. The highest BCUT2D eigenvalue weighted by molar-refractivity contribution is 7.26. The van der Waals surface area contributed by atoms with Crippen molar-refractivity contribution in [2.24, 2.45) is 0 Å². The van der Waals surface area contributed by atoms with Crippen molar-refractivity contribution in [2.45, 2.75) is 0 Å². The van der Waals surface area contributed by atoms with Crippen LogP contribution in [-0.2, 0) is 0 Å². The van der Waals surface area contributed by atoms with Crippen LogP contribution in [-0.4, -0.2) is 9.13 Å². The molecule has 0 amide bonds. The van der Waals surface area contributed by atoms with Crippen molar-refractivity contribution in [3.8, 4) is 33.6 Å². The molecule has 0 saturated carbocycles. The first-order valence-electron chi connectivity index (χ1n) is 19.8. The van der Waals surface area contributed by atoms with Crippen molar-refractivity contribution < 1.29 is 4.42 Å². The lowest BCUT2D eigenvalue weighted by atomic mass is 9.99. The van der Waals surface area contributed by atoms with E-state index in [1.807, 2.05) is 17.4 Å². The lowest BCUT2D eigenvalue weighted by Gasteiger charge is -2.13. The molecule has 0 bridgehead atoms. The fourth-order valence-electron chi connectivity index (χ4n) is 9.62. The molecule has 58 heavy (non-hydrogen) atoms. The second-order valence-corrected chi connectivity index (χ2v) is 16.3. The Hall–Kier alpha value is -7.40. The van der Waals surface area contributed by atoms with Gasteiger partial charge >= 0.3 is 0 Å². The summed E-state index contributed by atoms with van der Waals surface area (Å²) in [4.78, 5) is 0. The molecule has 0 N–H and O–H groups in total. The van der Waals surface area contributed by atoms with Gasteiger partial charge in [0.15, 0.2) is 0 Å². The third kappa shape index (κ3) is 4.43. The van der Waals surface area contributed by atoms with Gasteiger partial charge < -0.3 is 13.6 Å². The summed E-state index contributed by atoms with van der Waals surface area (Å²) >= 11 is 1.86. The van der Waals surface area contributed by atoms with E-state index in [0.717, 1.165) is 38.9 Å². The van der Waals surface area contributed by atoms with Crippen LogP contribution >= 0.6 is 11.3 Å². The van der Waals surface area contributed by atoms with Crippen LogP contribution in [0.1, 0.15) is 0 Å². The fraction of sp³-hybridized carbons (Fsp3) is 0. The van der Waals surface area contributed by atoms with Gasteiger partial charge in [-0.3, -0.25) is 0 Å². The number of benzene rings is 9. The Morgan fingerprint density at radius 2 is 1.00 bits per heavy atom. The van der Waals surface area contributed by atoms with Gasteiger partial charge in [0.1, 0.15) is 11.2 Å². The number of hydrogen-bond donors (Lipinski definition) is 0. The molecule has 0 aliphatic rings. The first-order valence-corrected chi connectivity index (χ1v) is 20.6. The highest BCUT2D eigenvalue weighted by Gasteiger charge is 2.22. The van der Waals surface area contributed by atoms with Gasteiger partial charge in [-0.2, -0.15) is 0 Å². The zero-order valence-corrected chi connectivity index (χ0v) is 32.0. The molecule has 0 radical (unpaired) electrons. The third-order valence-electron chi connectivity index (χ3n) is 12.1. The molecule has 0 saturated heterocycles. The highest BCUT2D eigenvalue weighted by atomic mass is 32.1. The van der Waals surface area contributed by atoms with Gasteiger partial charge in [0.25, 0.3) is 0 Å². The number of furan rings is 1. The Bertz CT molecular complexity index is 3800. The average molecular weight is 757 g/mol. The molecule has 9 aromatic carbocycles. The third-order valence-corrected chi connectivity index (χ3v) is 13.3. The van der Waals surface area contributed by atoms with Gasteiger partial charge in [0, 0.05) is 80.6 Å². The molecule has 4 heteroatoms. The van der Waals surface area contributed by atoms with E-state index in [-0.39, 0.29) is 0 Å². The Labute approximate surface area is 336 Å². The van der Waals surface area contributed by atoms with Gasteiger partial charge in [-0.15, -0.1) is 11.3 Å². The van der Waals surface area contributed by atoms with Crippen molar-refractivity contribution >= 4 is 97.1 Å². The molecule has 0 aliphatic carbocycles. The van der Waals surface area contributed by atoms with Gasteiger partial charge in [0.2, 0.25) is 0 Å². The zero-order valence-electron chi connectivity index (χ0n) is 31.2. The average Bonchev–Trinajstić information content (AvgIpc) is 4.04. The Morgan fingerprint density at radius 1 is 0.362 bits per heavy atom. The second-order valence-electron chi connectivity index (χ2n) is 15.2. The number of aromatic nitrogens is 2. The molecule has 0 unspecified atom stereocenters. The molecule has 0 spiro atoms. The lowest BCUT2D eigenvalue weighted by Crippen LogP contribution is -1.96. The molecular formula is C54H32N2OS. The Balaban J connectivity index is 1.09. The van der Waals surface area contributed by atoms with Crippen LogP contribution in [0, 0.1) is 0 Å². The van der Waals surface area contributed by atoms with Gasteiger partial charge in [-0.05, 0) is 66.2 Å². The fourth-order valence-corrected chi connectivity index (χ4v) is 10.8. The van der Waals surface area contributed by atoms with Crippen LogP contribution in [0.3, 0.4) is 0 Å². The maximum Gasteiger partial charge on any atom is 0.143 e. The summed E-state index contributed by atoms with van der Waals surface area (Å²) in [6.45, 7) is 0. The van der Waals surface area contributed by atoms with Crippen LogP contribution in [0.15, 0.2) is 199 Å². The summed E-state index contributed by atoms with van der Waals surface area (Å²) in [5, 5.41) is 9.76. The van der Waals surface area contributed by atoms with E-state index >= 15 is 0 Å². The predicted octanol–water partition coefficient (Wildman–Crippen LogP) is 15.5. The van der Waals surface area contributed by atoms with E-state index < -0.39 is 0 Å². The predicted molar refractivity (Wildman–Crippen MR) is 246 cm³/mol. The Morgan fingerprint density at radius 3 is 1.84 bits per heavy atom. The molecule has 0 fully saturated rings. The second kappa shape index (κ2) is 12.1. The van der Waals surface area contributed by atoms with Gasteiger partial charge in [-0.25, -0.2) is 0 Å². The molecule has 0 aliphatic heterocycles. The van der Waals surface area contributed by atoms with Crippen molar-refractivity contribution in [2.75, 3.05) is 0 Å². The smallest absolute Gasteiger partial charge is 0.143 e. The van der Waals surface area contributed by atoms with Crippen LogP contribution in [0.4, 0.5) is 0 Å². The minimum atomic E-state index is 0.909. The van der Waals surface area contributed by atoms with Crippen LogP contribution in [0.5, 0.6) is 0 Å². The maximum absolute atomic E-state index is 6.67. The highest BCUT2D eigenvalue weighted by Crippen LogP contribution is 2.46. The minimum absolute atomic E-state index is 0.909. The van der Waals surface area contributed by atoms with E-state index in [1.54, 1.807) is 0 Å². The molecular weight excluding hydrogens is 725 g/mol. The molecule has 4 heterocycles. The number of fused-ring (bicyclic) bond motifs is 12. The largest absolute Gasteiger partial charge is 0.455 e. The molecule has 0 atom stereocenters. The van der Waals surface area contributed by atoms with Gasteiger partial charge in [0.05, 0.1) is 22.1 Å². The number of nitrogens with zero attached hydrogens (tertiary/aromatic N) is 2. The number of para-hydroxylation sites is 6. The number of rotatable bonds is 4. The molecule has 13 aromatic rings. The first kappa shape index (κ1) is 31.8. The van der Waals surface area contributed by atoms with E-state index in [2.05, 4.69) is 197 Å². The van der Waals surface area contributed by atoms with Crippen LogP contribution in [0.25, 0.3) is 119 Å². The molecule has 3 nitrogen and oxygen atoms in total. The van der Waals surface area contributed by atoms with Crippen molar-refractivity contribution in [3.05, 3.63) is 194 Å². The zero-order chi connectivity index (χ0) is 37.9. The van der Waals surface area contributed by atoms with Crippen LogP contribution < -0.4 is 0 Å². The summed E-state index contributed by atoms with van der Waals surface area (Å²) in [5.74, 6) is 0. The van der Waals surface area contributed by atoms with Crippen molar-refractivity contribution in [1.82, 2.24) is 9.13 Å². The topological polar surface area (TPSA) is 23.0 Å². The molecule has 4 aromatic heterocycles. The molecule has 270 valence electrons. The van der Waals surface area contributed by atoms with Crippen LogP contribution in [0.2, 0.25) is 0 Å². The number of hydrogen-bond acceptors (Lipinski definition) is 2. The summed E-state index contributed by atoms with van der Waals surface area (Å²) in [7, 11) is 0. The first-order chi connectivity index (χ1) is 28.8. The van der Waals surface area contributed by atoms with E-state index in [9.17, 15) is 0 Å².